The van der Waals surface area contributed by atoms with Crippen LogP contribution in [0.25, 0.3) is 10.9 Å². The van der Waals surface area contributed by atoms with E-state index in [4.69, 9.17) is 0 Å². The second-order valence-corrected chi connectivity index (χ2v) is 7.52. The van der Waals surface area contributed by atoms with Gasteiger partial charge in [-0.3, -0.25) is 14.2 Å². The molecule has 29 heavy (non-hydrogen) atoms. The van der Waals surface area contributed by atoms with E-state index in [0.717, 1.165) is 17.7 Å². The van der Waals surface area contributed by atoms with Gasteiger partial charge in [-0.25, -0.2) is 4.79 Å². The molecule has 0 spiro atoms. The van der Waals surface area contributed by atoms with Crippen LogP contribution >= 0.6 is 0 Å². The first-order chi connectivity index (χ1) is 13.9. The molecule has 1 amide bonds. The topological polar surface area (TPSA) is 78.4 Å². The summed E-state index contributed by atoms with van der Waals surface area (Å²) < 4.78 is 0.988. The molecule has 1 saturated heterocycles. The first kappa shape index (κ1) is 19.0. The van der Waals surface area contributed by atoms with E-state index in [0.29, 0.717) is 24.0 Å². The highest BCUT2D eigenvalue weighted by Crippen LogP contribution is 2.22. The van der Waals surface area contributed by atoms with Crippen LogP contribution in [-0.4, -0.2) is 46.5 Å². The summed E-state index contributed by atoms with van der Waals surface area (Å²) in [7, 11) is 0. The van der Waals surface area contributed by atoms with Crippen molar-refractivity contribution in [3.63, 3.8) is 0 Å². The van der Waals surface area contributed by atoms with Crippen LogP contribution in [0.1, 0.15) is 11.1 Å². The Morgan fingerprint density at radius 3 is 2.48 bits per heavy atom. The predicted octanol–water partition coefficient (Wildman–Crippen LogP) is 1.66. The van der Waals surface area contributed by atoms with Gasteiger partial charge in [0.1, 0.15) is 6.54 Å². The zero-order valence-electron chi connectivity index (χ0n) is 16.6. The van der Waals surface area contributed by atoms with E-state index < -0.39 is 11.2 Å². The van der Waals surface area contributed by atoms with Gasteiger partial charge in [-0.2, -0.15) is 0 Å². The van der Waals surface area contributed by atoms with E-state index in [9.17, 15) is 14.4 Å². The number of piperazine rings is 1. The highest BCUT2D eigenvalue weighted by molar-refractivity contribution is 5.79. The van der Waals surface area contributed by atoms with E-state index in [-0.39, 0.29) is 12.5 Å². The quantitative estimate of drug-likeness (QED) is 0.735. The molecule has 1 N–H and O–H groups in total. The second-order valence-electron chi connectivity index (χ2n) is 7.52. The monoisotopic (exact) mass is 392 g/mol. The SMILES string of the molecule is Cc1ccc(C)c(N2CCN(C(=O)Cn3c(=O)[nH]c4ccccc4c3=O)CC2)c1. The number of hydrogen-bond acceptors (Lipinski definition) is 4. The van der Waals surface area contributed by atoms with E-state index in [2.05, 4.69) is 41.9 Å². The molecule has 0 atom stereocenters. The number of nitrogens with one attached hydrogen (secondary N) is 1. The van der Waals surface area contributed by atoms with Crippen molar-refractivity contribution in [1.82, 2.24) is 14.5 Å². The van der Waals surface area contributed by atoms with Gasteiger partial charge in [0.25, 0.3) is 5.56 Å². The number of hydrogen-bond donors (Lipinski definition) is 1. The van der Waals surface area contributed by atoms with Crippen LogP contribution in [0, 0.1) is 13.8 Å². The maximum absolute atomic E-state index is 12.8. The maximum Gasteiger partial charge on any atom is 0.329 e. The number of para-hydroxylation sites is 1. The number of H-pyrrole nitrogens is 1. The molecule has 150 valence electrons. The largest absolute Gasteiger partial charge is 0.368 e. The molecule has 0 aliphatic carbocycles. The number of amides is 1. The lowest BCUT2D eigenvalue weighted by Gasteiger charge is -2.37. The van der Waals surface area contributed by atoms with Gasteiger partial charge in [-0.15, -0.1) is 0 Å². The number of nitrogens with zero attached hydrogens (tertiary/aromatic N) is 3. The Bertz CT molecular complexity index is 1190. The fraction of sp³-hybridized carbons (Fsp3) is 0.318. The lowest BCUT2D eigenvalue weighted by molar-refractivity contribution is -0.132. The molecule has 3 aromatic rings. The predicted molar refractivity (Wildman–Crippen MR) is 114 cm³/mol. The molecule has 2 heterocycles. The second kappa shape index (κ2) is 7.58. The lowest BCUT2D eigenvalue weighted by Crippen LogP contribution is -2.51. The van der Waals surface area contributed by atoms with Gasteiger partial charge in [0.05, 0.1) is 10.9 Å². The van der Waals surface area contributed by atoms with Crippen LogP contribution in [0.3, 0.4) is 0 Å². The molecule has 2 aromatic carbocycles. The van der Waals surface area contributed by atoms with Crippen molar-refractivity contribution in [2.24, 2.45) is 0 Å². The molecule has 0 saturated carbocycles. The fourth-order valence-corrected chi connectivity index (χ4v) is 3.83. The fourth-order valence-electron chi connectivity index (χ4n) is 3.83. The molecule has 1 aliphatic heterocycles. The van der Waals surface area contributed by atoms with Crippen LogP contribution in [0.2, 0.25) is 0 Å². The Balaban J connectivity index is 1.48. The number of aromatic amines is 1. The summed E-state index contributed by atoms with van der Waals surface area (Å²) in [5.74, 6) is -0.214. The minimum absolute atomic E-state index is 0.214. The zero-order chi connectivity index (χ0) is 20.5. The average molecular weight is 392 g/mol. The van der Waals surface area contributed by atoms with E-state index in [1.165, 1.54) is 16.8 Å². The van der Waals surface area contributed by atoms with Crippen LogP contribution in [0.15, 0.2) is 52.1 Å². The van der Waals surface area contributed by atoms with Crippen molar-refractivity contribution in [3.05, 3.63) is 74.4 Å². The number of benzene rings is 2. The molecule has 7 nitrogen and oxygen atoms in total. The molecule has 0 bridgehead atoms. The van der Waals surface area contributed by atoms with Gasteiger partial charge < -0.3 is 14.8 Å². The number of aromatic nitrogens is 2. The highest BCUT2D eigenvalue weighted by atomic mass is 16.2. The first-order valence-electron chi connectivity index (χ1n) is 9.76. The molecule has 0 unspecified atom stereocenters. The Morgan fingerprint density at radius 1 is 1.00 bits per heavy atom. The zero-order valence-corrected chi connectivity index (χ0v) is 16.6. The van der Waals surface area contributed by atoms with E-state index >= 15 is 0 Å². The molecular weight excluding hydrogens is 368 g/mol. The van der Waals surface area contributed by atoms with Gasteiger partial charge >= 0.3 is 5.69 Å². The summed E-state index contributed by atoms with van der Waals surface area (Å²) in [6, 6.07) is 13.2. The summed E-state index contributed by atoms with van der Waals surface area (Å²) in [5, 5.41) is 0.402. The van der Waals surface area contributed by atoms with E-state index in [1.54, 1.807) is 29.2 Å². The molecule has 0 radical (unpaired) electrons. The third kappa shape index (κ3) is 3.68. The minimum atomic E-state index is -0.559. The number of anilines is 1. The molecule has 1 aliphatic rings. The van der Waals surface area contributed by atoms with Crippen molar-refractivity contribution in [3.8, 4) is 0 Å². The van der Waals surface area contributed by atoms with Crippen LogP contribution < -0.4 is 16.1 Å². The Morgan fingerprint density at radius 2 is 1.72 bits per heavy atom. The summed E-state index contributed by atoms with van der Waals surface area (Å²) in [6.45, 7) is 6.48. The highest BCUT2D eigenvalue weighted by Gasteiger charge is 2.23. The maximum atomic E-state index is 12.8. The third-order valence-corrected chi connectivity index (χ3v) is 5.52. The van der Waals surface area contributed by atoms with Gasteiger partial charge in [0, 0.05) is 31.9 Å². The Labute approximate surface area is 168 Å². The number of rotatable bonds is 3. The molecule has 7 heteroatoms. The average Bonchev–Trinajstić information content (AvgIpc) is 2.73. The van der Waals surface area contributed by atoms with Crippen molar-refractivity contribution in [1.29, 1.82) is 0 Å². The van der Waals surface area contributed by atoms with E-state index in [1.807, 2.05) is 0 Å². The third-order valence-electron chi connectivity index (χ3n) is 5.52. The molecular formula is C22H24N4O3. The number of fused-ring (bicyclic) bond motifs is 1. The standard InChI is InChI=1S/C22H24N4O3/c1-15-7-8-16(2)19(13-15)24-9-11-25(12-10-24)20(27)14-26-21(28)17-5-3-4-6-18(17)23-22(26)29/h3-8,13H,9-12,14H2,1-2H3,(H,23,29). The van der Waals surface area contributed by atoms with Crippen molar-refractivity contribution in [2.75, 3.05) is 31.1 Å². The summed E-state index contributed by atoms with van der Waals surface area (Å²) in [6.07, 6.45) is 0. The minimum Gasteiger partial charge on any atom is -0.368 e. The Hall–Kier alpha value is -3.35. The molecule has 4 rings (SSSR count). The smallest absolute Gasteiger partial charge is 0.329 e. The van der Waals surface area contributed by atoms with Gasteiger partial charge in [0.2, 0.25) is 5.91 Å². The molecule has 1 aromatic heterocycles. The number of carbonyl (C=O) groups excluding carboxylic acids is 1. The molecule has 1 fully saturated rings. The van der Waals surface area contributed by atoms with Crippen molar-refractivity contribution >= 4 is 22.5 Å². The number of aryl methyl sites for hydroxylation is 2. The van der Waals surface area contributed by atoms with Crippen LogP contribution in [0.4, 0.5) is 5.69 Å². The summed E-state index contributed by atoms with van der Waals surface area (Å²) in [4.78, 5) is 44.4. The summed E-state index contributed by atoms with van der Waals surface area (Å²) in [5.41, 5.74) is 3.10. The van der Waals surface area contributed by atoms with Crippen LogP contribution in [-0.2, 0) is 11.3 Å². The lowest BCUT2D eigenvalue weighted by atomic mass is 10.1. The summed E-state index contributed by atoms with van der Waals surface area (Å²) >= 11 is 0. The van der Waals surface area contributed by atoms with Gasteiger partial charge in [-0.1, -0.05) is 24.3 Å². The number of carbonyl (C=O) groups is 1. The Kier molecular flexibility index (Phi) is 4.96. The normalized spacial score (nSPS) is 14.4. The van der Waals surface area contributed by atoms with Gasteiger partial charge in [-0.05, 0) is 43.2 Å². The van der Waals surface area contributed by atoms with Crippen molar-refractivity contribution < 1.29 is 4.79 Å². The van der Waals surface area contributed by atoms with Crippen LogP contribution in [0.5, 0.6) is 0 Å². The van der Waals surface area contributed by atoms with Gasteiger partial charge in [0.15, 0.2) is 0 Å². The van der Waals surface area contributed by atoms with Crippen molar-refractivity contribution in [2.45, 2.75) is 20.4 Å². The first-order valence-corrected chi connectivity index (χ1v) is 9.76.